The first-order valence-electron chi connectivity index (χ1n) is 15.8. The van der Waals surface area contributed by atoms with Crippen LogP contribution in [-0.4, -0.2) is 22.2 Å². The summed E-state index contributed by atoms with van der Waals surface area (Å²) in [6, 6.07) is 45.7. The third-order valence-electron chi connectivity index (χ3n) is 8.55. The molecule has 0 amide bonds. The SMILES string of the molecule is CC(C)(c1ccc(C#Cc2ccccc2-c2ccccc2)cc1C(=O)O)c1ccc(C#Cc2ccccc2-c2ccccc2)cc1C(=O)O. The Kier molecular flexibility index (Phi) is 9.25. The van der Waals surface area contributed by atoms with Gasteiger partial charge in [-0.05, 0) is 69.8 Å². The maximum Gasteiger partial charge on any atom is 0.336 e. The van der Waals surface area contributed by atoms with Gasteiger partial charge in [-0.1, -0.05) is 147 Å². The Morgan fingerprint density at radius 1 is 0.469 bits per heavy atom. The lowest BCUT2D eigenvalue weighted by Crippen LogP contribution is -2.25. The van der Waals surface area contributed by atoms with Crippen molar-refractivity contribution in [1.29, 1.82) is 0 Å². The Hall–Kier alpha value is -6.62. The van der Waals surface area contributed by atoms with Crippen molar-refractivity contribution in [1.82, 2.24) is 0 Å². The fourth-order valence-corrected chi connectivity index (χ4v) is 6.04. The van der Waals surface area contributed by atoms with Gasteiger partial charge in [0.1, 0.15) is 0 Å². The summed E-state index contributed by atoms with van der Waals surface area (Å²) in [5.74, 6) is 10.5. The number of benzene rings is 6. The number of aromatic carboxylic acids is 2. The summed E-state index contributed by atoms with van der Waals surface area (Å²) >= 11 is 0. The van der Waals surface area contributed by atoms with E-state index in [1.807, 2.05) is 123 Å². The third kappa shape index (κ3) is 7.05. The van der Waals surface area contributed by atoms with Crippen LogP contribution in [0.1, 0.15) is 67.9 Å². The zero-order chi connectivity index (χ0) is 34.4. The monoisotopic (exact) mass is 636 g/mol. The number of hydrogen-bond acceptors (Lipinski definition) is 2. The molecular formula is C45H32O4. The fourth-order valence-electron chi connectivity index (χ4n) is 6.04. The van der Waals surface area contributed by atoms with Gasteiger partial charge in [-0.15, -0.1) is 0 Å². The first-order valence-corrected chi connectivity index (χ1v) is 15.8. The van der Waals surface area contributed by atoms with Crippen molar-refractivity contribution in [3.8, 4) is 45.9 Å². The lowest BCUT2D eigenvalue weighted by Gasteiger charge is -2.29. The normalized spacial score (nSPS) is 10.7. The molecule has 0 radical (unpaired) electrons. The minimum absolute atomic E-state index is 0.0610. The highest BCUT2D eigenvalue weighted by Crippen LogP contribution is 2.37. The summed E-state index contributed by atoms with van der Waals surface area (Å²) in [4.78, 5) is 25.2. The molecule has 0 saturated carbocycles. The Labute approximate surface area is 286 Å². The van der Waals surface area contributed by atoms with Crippen LogP contribution in [0, 0.1) is 23.7 Å². The van der Waals surface area contributed by atoms with E-state index in [9.17, 15) is 19.8 Å². The Morgan fingerprint density at radius 2 is 0.837 bits per heavy atom. The first-order chi connectivity index (χ1) is 23.7. The van der Waals surface area contributed by atoms with Crippen LogP contribution in [0.4, 0.5) is 0 Å². The number of hydrogen-bond donors (Lipinski definition) is 2. The molecule has 6 rings (SSSR count). The maximum atomic E-state index is 12.6. The van der Waals surface area contributed by atoms with Gasteiger partial charge >= 0.3 is 11.9 Å². The van der Waals surface area contributed by atoms with Gasteiger partial charge in [0.05, 0.1) is 11.1 Å². The molecule has 4 heteroatoms. The van der Waals surface area contributed by atoms with E-state index >= 15 is 0 Å². The van der Waals surface area contributed by atoms with Crippen molar-refractivity contribution in [3.05, 3.63) is 190 Å². The second kappa shape index (κ2) is 14.0. The van der Waals surface area contributed by atoms with Crippen LogP contribution >= 0.6 is 0 Å². The number of carboxylic acid groups (broad SMARTS) is 2. The molecule has 0 unspecified atom stereocenters. The van der Waals surface area contributed by atoms with E-state index in [2.05, 4.69) is 23.7 Å². The molecule has 0 aliphatic rings. The predicted octanol–water partition coefficient (Wildman–Crippen LogP) is 9.54. The zero-order valence-electron chi connectivity index (χ0n) is 27.1. The topological polar surface area (TPSA) is 74.6 Å². The molecule has 0 aliphatic heterocycles. The van der Waals surface area contributed by atoms with E-state index in [0.717, 1.165) is 33.4 Å². The second-order valence-corrected chi connectivity index (χ2v) is 12.1. The number of carbonyl (C=O) groups is 2. The van der Waals surface area contributed by atoms with Gasteiger partial charge in [-0.2, -0.15) is 0 Å². The average molecular weight is 637 g/mol. The molecule has 49 heavy (non-hydrogen) atoms. The fraction of sp³-hybridized carbons (Fsp3) is 0.0667. The van der Waals surface area contributed by atoms with Gasteiger partial charge in [0.2, 0.25) is 0 Å². The van der Waals surface area contributed by atoms with E-state index in [1.165, 1.54) is 0 Å². The first kappa shape index (κ1) is 32.3. The number of rotatable bonds is 6. The number of carboxylic acids is 2. The van der Waals surface area contributed by atoms with E-state index in [4.69, 9.17) is 0 Å². The molecule has 6 aromatic carbocycles. The molecule has 4 nitrogen and oxygen atoms in total. The molecule has 0 fully saturated rings. The third-order valence-corrected chi connectivity index (χ3v) is 8.55. The predicted molar refractivity (Wildman–Crippen MR) is 195 cm³/mol. The summed E-state index contributed by atoms with van der Waals surface area (Å²) < 4.78 is 0. The zero-order valence-corrected chi connectivity index (χ0v) is 27.1. The van der Waals surface area contributed by atoms with Crippen LogP contribution in [0.5, 0.6) is 0 Å². The van der Waals surface area contributed by atoms with Gasteiger partial charge < -0.3 is 10.2 Å². The summed E-state index contributed by atoms with van der Waals surface area (Å²) in [6.07, 6.45) is 0. The largest absolute Gasteiger partial charge is 0.478 e. The van der Waals surface area contributed by atoms with Crippen molar-refractivity contribution in [2.75, 3.05) is 0 Å². The molecule has 236 valence electrons. The lowest BCUT2D eigenvalue weighted by molar-refractivity contribution is 0.0686. The minimum Gasteiger partial charge on any atom is -0.478 e. The van der Waals surface area contributed by atoms with Gasteiger partial charge in [0.15, 0.2) is 0 Å². The van der Waals surface area contributed by atoms with E-state index in [1.54, 1.807) is 36.4 Å². The Bertz CT molecular complexity index is 2150. The van der Waals surface area contributed by atoms with Crippen LogP contribution in [0.2, 0.25) is 0 Å². The van der Waals surface area contributed by atoms with Crippen molar-refractivity contribution in [3.63, 3.8) is 0 Å². The van der Waals surface area contributed by atoms with Crippen molar-refractivity contribution >= 4 is 11.9 Å². The van der Waals surface area contributed by atoms with Crippen molar-refractivity contribution < 1.29 is 19.8 Å². The van der Waals surface area contributed by atoms with Crippen LogP contribution in [0.3, 0.4) is 0 Å². The average Bonchev–Trinajstić information content (AvgIpc) is 3.13. The van der Waals surface area contributed by atoms with Crippen LogP contribution in [0.15, 0.2) is 146 Å². The highest BCUT2D eigenvalue weighted by molar-refractivity contribution is 5.93. The molecule has 0 bridgehead atoms. The van der Waals surface area contributed by atoms with E-state index in [-0.39, 0.29) is 11.1 Å². The highest BCUT2D eigenvalue weighted by Gasteiger charge is 2.32. The van der Waals surface area contributed by atoms with Crippen LogP contribution < -0.4 is 0 Å². The molecule has 0 aromatic heterocycles. The van der Waals surface area contributed by atoms with Gasteiger partial charge in [-0.25, -0.2) is 9.59 Å². The molecule has 0 atom stereocenters. The van der Waals surface area contributed by atoms with Crippen LogP contribution in [0.25, 0.3) is 22.3 Å². The van der Waals surface area contributed by atoms with E-state index < -0.39 is 17.4 Å². The quantitative estimate of drug-likeness (QED) is 0.179. The standard InChI is InChI=1S/C45H32O4/c1-45(2,41-27-23-31(29-39(41)43(46)47)21-25-35-17-9-11-19-37(35)33-13-5-3-6-14-33)42-28-24-32(30-40(42)44(48)49)22-26-36-18-10-12-20-38(36)34-15-7-4-8-16-34/h3-20,23-24,27-30H,1-2H3,(H,46,47)(H,48,49). The van der Waals surface area contributed by atoms with Gasteiger partial charge in [-0.3, -0.25) is 0 Å². The van der Waals surface area contributed by atoms with Crippen molar-refractivity contribution in [2.45, 2.75) is 19.3 Å². The summed E-state index contributed by atoms with van der Waals surface area (Å²) in [5, 5.41) is 20.6. The van der Waals surface area contributed by atoms with Crippen LogP contribution in [-0.2, 0) is 5.41 Å². The summed E-state index contributed by atoms with van der Waals surface area (Å²) in [5.41, 5.74) is 6.90. The smallest absolute Gasteiger partial charge is 0.336 e. The molecule has 0 saturated heterocycles. The Morgan fingerprint density at radius 3 is 1.22 bits per heavy atom. The van der Waals surface area contributed by atoms with Gasteiger partial charge in [0, 0.05) is 27.7 Å². The van der Waals surface area contributed by atoms with Crippen molar-refractivity contribution in [2.24, 2.45) is 0 Å². The molecule has 0 spiro atoms. The van der Waals surface area contributed by atoms with Gasteiger partial charge in [0.25, 0.3) is 0 Å². The molecular weight excluding hydrogens is 604 g/mol. The highest BCUT2D eigenvalue weighted by atomic mass is 16.4. The molecule has 2 N–H and O–H groups in total. The molecule has 0 heterocycles. The lowest BCUT2D eigenvalue weighted by atomic mass is 9.73. The summed E-state index contributed by atoms with van der Waals surface area (Å²) in [7, 11) is 0. The maximum absolute atomic E-state index is 12.6. The molecule has 0 aliphatic carbocycles. The minimum atomic E-state index is -1.12. The van der Waals surface area contributed by atoms with E-state index in [0.29, 0.717) is 22.3 Å². The summed E-state index contributed by atoms with van der Waals surface area (Å²) in [6.45, 7) is 3.67. The molecule has 6 aromatic rings. The Balaban J connectivity index is 1.35. The second-order valence-electron chi connectivity index (χ2n) is 12.1.